The molecule has 0 unspecified atom stereocenters. The van der Waals surface area contributed by atoms with Crippen LogP contribution >= 0.6 is 12.2 Å². The summed E-state index contributed by atoms with van der Waals surface area (Å²) in [7, 11) is 0. The Hall–Kier alpha value is -2.35. The van der Waals surface area contributed by atoms with Crippen LogP contribution in [0.5, 0.6) is 0 Å². The highest BCUT2D eigenvalue weighted by molar-refractivity contribution is 7.80. The second-order valence-corrected chi connectivity index (χ2v) is 5.10. The SMILES string of the molecule is NC(=S)c1ccnnc1N1CCN(c2ncccn2)CC1. The maximum absolute atomic E-state index is 5.75. The predicted molar refractivity (Wildman–Crippen MR) is 84.4 cm³/mol. The molecule has 3 heterocycles. The molecule has 0 radical (unpaired) electrons. The summed E-state index contributed by atoms with van der Waals surface area (Å²) in [5.74, 6) is 1.50. The highest BCUT2D eigenvalue weighted by Gasteiger charge is 2.22. The van der Waals surface area contributed by atoms with E-state index in [0.29, 0.717) is 4.99 Å². The molecule has 8 heteroatoms. The molecule has 0 spiro atoms. The maximum atomic E-state index is 5.75. The quantitative estimate of drug-likeness (QED) is 0.807. The zero-order chi connectivity index (χ0) is 14.7. The predicted octanol–water partition coefficient (Wildman–Crippen LogP) is 0.227. The number of aromatic nitrogens is 4. The van der Waals surface area contributed by atoms with Gasteiger partial charge in [-0.25, -0.2) is 9.97 Å². The molecule has 7 nitrogen and oxygen atoms in total. The van der Waals surface area contributed by atoms with Gasteiger partial charge in [0.2, 0.25) is 5.95 Å². The van der Waals surface area contributed by atoms with Gasteiger partial charge in [0.25, 0.3) is 0 Å². The van der Waals surface area contributed by atoms with E-state index in [1.54, 1.807) is 24.7 Å². The molecule has 0 saturated carbocycles. The lowest BCUT2D eigenvalue weighted by atomic mass is 10.2. The van der Waals surface area contributed by atoms with Gasteiger partial charge < -0.3 is 15.5 Å². The molecule has 1 aliphatic heterocycles. The van der Waals surface area contributed by atoms with Crippen molar-refractivity contribution in [3.8, 4) is 0 Å². The van der Waals surface area contributed by atoms with Crippen LogP contribution in [-0.2, 0) is 0 Å². The Labute approximate surface area is 127 Å². The third-order valence-corrected chi connectivity index (χ3v) is 3.60. The number of hydrogen-bond donors (Lipinski definition) is 1. The van der Waals surface area contributed by atoms with E-state index >= 15 is 0 Å². The Morgan fingerprint density at radius 3 is 2.38 bits per heavy atom. The Morgan fingerprint density at radius 2 is 1.71 bits per heavy atom. The summed E-state index contributed by atoms with van der Waals surface area (Å²) in [6, 6.07) is 3.62. The van der Waals surface area contributed by atoms with Gasteiger partial charge in [-0.15, -0.1) is 5.10 Å². The van der Waals surface area contributed by atoms with Crippen LogP contribution in [0.2, 0.25) is 0 Å². The monoisotopic (exact) mass is 301 g/mol. The van der Waals surface area contributed by atoms with Crippen molar-refractivity contribution in [2.24, 2.45) is 5.73 Å². The molecule has 1 fully saturated rings. The lowest BCUT2D eigenvalue weighted by molar-refractivity contribution is 0.631. The standard InChI is InChI=1S/C13H15N7S/c14-11(21)10-2-5-17-18-12(10)19-6-8-20(9-7-19)13-15-3-1-4-16-13/h1-5H,6-9H2,(H2,14,21). The summed E-state index contributed by atoms with van der Waals surface area (Å²) < 4.78 is 0. The normalized spacial score (nSPS) is 15.0. The lowest BCUT2D eigenvalue weighted by Gasteiger charge is -2.35. The minimum absolute atomic E-state index is 0.341. The minimum atomic E-state index is 0.341. The van der Waals surface area contributed by atoms with Crippen molar-refractivity contribution < 1.29 is 0 Å². The highest BCUT2D eigenvalue weighted by atomic mass is 32.1. The van der Waals surface area contributed by atoms with Crippen molar-refractivity contribution in [3.05, 3.63) is 36.3 Å². The first-order chi connectivity index (χ1) is 10.3. The first-order valence-corrected chi connectivity index (χ1v) is 7.05. The number of piperazine rings is 1. The van der Waals surface area contributed by atoms with Crippen LogP contribution in [-0.4, -0.2) is 51.3 Å². The van der Waals surface area contributed by atoms with Gasteiger partial charge in [-0.05, 0) is 12.1 Å². The summed E-state index contributed by atoms with van der Waals surface area (Å²) >= 11 is 5.07. The van der Waals surface area contributed by atoms with E-state index in [1.807, 2.05) is 6.07 Å². The van der Waals surface area contributed by atoms with Gasteiger partial charge in [0, 0.05) is 38.6 Å². The van der Waals surface area contributed by atoms with E-state index in [-0.39, 0.29) is 0 Å². The van der Waals surface area contributed by atoms with Gasteiger partial charge in [0.15, 0.2) is 5.82 Å². The van der Waals surface area contributed by atoms with Crippen molar-refractivity contribution in [1.82, 2.24) is 20.2 Å². The van der Waals surface area contributed by atoms with Crippen molar-refractivity contribution in [2.75, 3.05) is 36.0 Å². The van der Waals surface area contributed by atoms with Crippen LogP contribution < -0.4 is 15.5 Å². The number of nitrogens with two attached hydrogens (primary N) is 1. The number of anilines is 2. The van der Waals surface area contributed by atoms with Gasteiger partial charge in [-0.3, -0.25) is 0 Å². The second kappa shape index (κ2) is 5.96. The largest absolute Gasteiger partial charge is 0.389 e. The molecule has 1 saturated heterocycles. The van der Waals surface area contributed by atoms with Crippen LogP contribution in [0.15, 0.2) is 30.7 Å². The van der Waals surface area contributed by atoms with Crippen LogP contribution in [0.1, 0.15) is 5.56 Å². The molecule has 1 aliphatic rings. The molecule has 0 bridgehead atoms. The third-order valence-electron chi connectivity index (χ3n) is 3.38. The van der Waals surface area contributed by atoms with Crippen LogP contribution in [0.3, 0.4) is 0 Å². The number of rotatable bonds is 3. The lowest BCUT2D eigenvalue weighted by Crippen LogP contribution is -2.48. The third kappa shape index (κ3) is 2.89. The van der Waals surface area contributed by atoms with E-state index < -0.39 is 0 Å². The maximum Gasteiger partial charge on any atom is 0.225 e. The summed E-state index contributed by atoms with van der Waals surface area (Å²) in [6.07, 6.45) is 5.11. The average Bonchev–Trinajstić information content (AvgIpc) is 2.56. The minimum Gasteiger partial charge on any atom is -0.389 e. The molecule has 2 aromatic heterocycles. The zero-order valence-corrected chi connectivity index (χ0v) is 12.2. The van der Waals surface area contributed by atoms with Crippen LogP contribution in [0.4, 0.5) is 11.8 Å². The number of nitrogens with zero attached hydrogens (tertiary/aromatic N) is 6. The van der Waals surface area contributed by atoms with Crippen molar-refractivity contribution in [1.29, 1.82) is 0 Å². The smallest absolute Gasteiger partial charge is 0.225 e. The van der Waals surface area contributed by atoms with E-state index in [0.717, 1.165) is 43.5 Å². The molecule has 0 atom stereocenters. The van der Waals surface area contributed by atoms with E-state index in [4.69, 9.17) is 18.0 Å². The molecule has 108 valence electrons. The number of hydrogen-bond acceptors (Lipinski definition) is 7. The Morgan fingerprint density at radius 1 is 1.05 bits per heavy atom. The van der Waals surface area contributed by atoms with E-state index in [9.17, 15) is 0 Å². The van der Waals surface area contributed by atoms with Crippen molar-refractivity contribution in [3.63, 3.8) is 0 Å². The second-order valence-electron chi connectivity index (χ2n) is 4.66. The molecule has 0 aromatic carbocycles. The fraction of sp³-hybridized carbons (Fsp3) is 0.308. The Balaban J connectivity index is 1.73. The fourth-order valence-corrected chi connectivity index (χ4v) is 2.48. The van der Waals surface area contributed by atoms with E-state index in [1.165, 1.54) is 0 Å². The average molecular weight is 301 g/mol. The Bertz CT molecular complexity index is 625. The molecular formula is C13H15N7S. The zero-order valence-electron chi connectivity index (χ0n) is 11.4. The van der Waals surface area contributed by atoms with Crippen LogP contribution in [0, 0.1) is 0 Å². The molecule has 0 amide bonds. The van der Waals surface area contributed by atoms with Crippen molar-refractivity contribution >= 4 is 29.0 Å². The molecular weight excluding hydrogens is 286 g/mol. The first kappa shape index (κ1) is 13.6. The van der Waals surface area contributed by atoms with Gasteiger partial charge >= 0.3 is 0 Å². The van der Waals surface area contributed by atoms with Gasteiger partial charge in [-0.2, -0.15) is 5.10 Å². The van der Waals surface area contributed by atoms with Gasteiger partial charge in [0.1, 0.15) is 4.99 Å². The summed E-state index contributed by atoms with van der Waals surface area (Å²) in [5.41, 5.74) is 6.51. The van der Waals surface area contributed by atoms with Gasteiger partial charge in [-0.1, -0.05) is 12.2 Å². The molecule has 21 heavy (non-hydrogen) atoms. The molecule has 0 aliphatic carbocycles. The molecule has 3 rings (SSSR count). The summed E-state index contributed by atoms with van der Waals surface area (Å²) in [5, 5.41) is 8.12. The topological polar surface area (TPSA) is 84.1 Å². The van der Waals surface area contributed by atoms with E-state index in [2.05, 4.69) is 30.0 Å². The number of thiocarbonyl (C=S) groups is 1. The fourth-order valence-electron chi connectivity index (χ4n) is 2.32. The Kier molecular flexibility index (Phi) is 3.87. The summed E-state index contributed by atoms with van der Waals surface area (Å²) in [6.45, 7) is 3.23. The van der Waals surface area contributed by atoms with Crippen molar-refractivity contribution in [2.45, 2.75) is 0 Å². The first-order valence-electron chi connectivity index (χ1n) is 6.64. The molecule has 2 N–H and O–H groups in total. The van der Waals surface area contributed by atoms with Gasteiger partial charge in [0.05, 0.1) is 11.8 Å². The van der Waals surface area contributed by atoms with Crippen LogP contribution in [0.25, 0.3) is 0 Å². The highest BCUT2D eigenvalue weighted by Crippen LogP contribution is 2.19. The summed E-state index contributed by atoms with van der Waals surface area (Å²) in [4.78, 5) is 13.2. The molecule has 2 aromatic rings.